The standard InChI is InChI=1S/C28H27N5O4/c1-18-12-21(27-31-16-22(17-32-27)28(35)33-8-10-36-11-9-33)13-20-14-24(37-26(18)20)6-5-23(34)4-2-19-3-7-25(29)30-15-19/h2-4,7,12-17H,5-6,8-11H2,1H3,(H2,29,30)/b4-2+. The number of ether oxygens (including phenoxy) is 1. The lowest BCUT2D eigenvalue weighted by atomic mass is 10.1. The van der Waals surface area contributed by atoms with Crippen molar-refractivity contribution < 1.29 is 18.7 Å². The molecule has 37 heavy (non-hydrogen) atoms. The molecule has 0 aliphatic carbocycles. The Morgan fingerprint density at radius 1 is 1.05 bits per heavy atom. The maximum absolute atomic E-state index is 12.7. The molecule has 0 bridgehead atoms. The van der Waals surface area contributed by atoms with Crippen LogP contribution in [0.25, 0.3) is 28.4 Å². The van der Waals surface area contributed by atoms with Crippen LogP contribution in [0.5, 0.6) is 0 Å². The van der Waals surface area contributed by atoms with Crippen molar-refractivity contribution in [3.05, 3.63) is 77.4 Å². The highest BCUT2D eigenvalue weighted by atomic mass is 16.5. The molecule has 4 aromatic rings. The van der Waals surface area contributed by atoms with Gasteiger partial charge in [0.2, 0.25) is 0 Å². The van der Waals surface area contributed by atoms with Crippen LogP contribution in [-0.2, 0) is 16.0 Å². The second kappa shape index (κ2) is 10.7. The van der Waals surface area contributed by atoms with Gasteiger partial charge in [-0.25, -0.2) is 15.0 Å². The van der Waals surface area contributed by atoms with E-state index >= 15 is 0 Å². The largest absolute Gasteiger partial charge is 0.461 e. The summed E-state index contributed by atoms with van der Waals surface area (Å²) < 4.78 is 11.3. The lowest BCUT2D eigenvalue weighted by molar-refractivity contribution is -0.114. The van der Waals surface area contributed by atoms with Gasteiger partial charge in [0.1, 0.15) is 17.2 Å². The topological polar surface area (TPSA) is 124 Å². The summed E-state index contributed by atoms with van der Waals surface area (Å²) in [6.07, 6.45) is 8.85. The van der Waals surface area contributed by atoms with E-state index < -0.39 is 0 Å². The van der Waals surface area contributed by atoms with Gasteiger partial charge in [-0.15, -0.1) is 0 Å². The molecule has 2 N–H and O–H groups in total. The van der Waals surface area contributed by atoms with E-state index in [1.54, 1.807) is 41.7 Å². The lowest BCUT2D eigenvalue weighted by Crippen LogP contribution is -2.40. The molecule has 1 aliphatic rings. The summed E-state index contributed by atoms with van der Waals surface area (Å²) in [5.74, 6) is 1.61. The number of pyridine rings is 1. The van der Waals surface area contributed by atoms with Gasteiger partial charge in [-0.1, -0.05) is 0 Å². The predicted molar refractivity (Wildman–Crippen MR) is 140 cm³/mol. The number of aromatic nitrogens is 3. The van der Waals surface area contributed by atoms with Crippen LogP contribution in [-0.4, -0.2) is 57.8 Å². The van der Waals surface area contributed by atoms with Crippen molar-refractivity contribution >= 4 is 34.6 Å². The molecule has 9 nitrogen and oxygen atoms in total. The van der Waals surface area contributed by atoms with Crippen molar-refractivity contribution in [2.24, 2.45) is 0 Å². The Kier molecular flexibility index (Phi) is 7.04. The van der Waals surface area contributed by atoms with Crippen LogP contribution < -0.4 is 5.73 Å². The Hall–Kier alpha value is -4.37. The van der Waals surface area contributed by atoms with Gasteiger partial charge < -0.3 is 19.8 Å². The Morgan fingerprint density at radius 3 is 2.57 bits per heavy atom. The van der Waals surface area contributed by atoms with Crippen LogP contribution in [0.15, 0.2) is 59.4 Å². The minimum atomic E-state index is -0.0875. The van der Waals surface area contributed by atoms with Gasteiger partial charge in [0.15, 0.2) is 11.6 Å². The number of allylic oxidation sites excluding steroid dienone is 1. The van der Waals surface area contributed by atoms with Crippen LogP contribution in [0.4, 0.5) is 5.82 Å². The fraction of sp³-hybridized carbons (Fsp3) is 0.250. The Labute approximate surface area is 214 Å². The molecular formula is C28H27N5O4. The predicted octanol–water partition coefficient (Wildman–Crippen LogP) is 3.86. The molecule has 1 saturated heterocycles. The molecular weight excluding hydrogens is 470 g/mol. The Balaban J connectivity index is 1.26. The summed E-state index contributed by atoms with van der Waals surface area (Å²) in [7, 11) is 0. The summed E-state index contributed by atoms with van der Waals surface area (Å²) in [6.45, 7) is 4.19. The first kappa shape index (κ1) is 24.3. The van der Waals surface area contributed by atoms with Gasteiger partial charge in [-0.05, 0) is 60.5 Å². The molecule has 9 heteroatoms. The number of carbonyl (C=O) groups excluding carboxylic acids is 2. The van der Waals surface area contributed by atoms with Crippen molar-refractivity contribution in [3.8, 4) is 11.4 Å². The van der Waals surface area contributed by atoms with E-state index in [1.165, 1.54) is 0 Å². The molecule has 0 atom stereocenters. The monoisotopic (exact) mass is 497 g/mol. The van der Waals surface area contributed by atoms with Gasteiger partial charge in [0, 0.05) is 55.5 Å². The zero-order valence-corrected chi connectivity index (χ0v) is 20.5. The highest BCUT2D eigenvalue weighted by molar-refractivity contribution is 5.94. The molecule has 1 fully saturated rings. The van der Waals surface area contributed by atoms with Crippen LogP contribution in [0.2, 0.25) is 0 Å². The Morgan fingerprint density at radius 2 is 1.84 bits per heavy atom. The molecule has 188 valence electrons. The number of amides is 1. The number of nitrogen functional groups attached to an aromatic ring is 1. The molecule has 0 spiro atoms. The van der Waals surface area contributed by atoms with Gasteiger partial charge in [-0.3, -0.25) is 9.59 Å². The number of hydrogen-bond donors (Lipinski definition) is 1. The third-order valence-corrected chi connectivity index (χ3v) is 6.20. The summed E-state index contributed by atoms with van der Waals surface area (Å²) in [4.78, 5) is 39.6. The van der Waals surface area contributed by atoms with E-state index in [4.69, 9.17) is 14.9 Å². The summed E-state index contributed by atoms with van der Waals surface area (Å²) in [6, 6.07) is 9.38. The van der Waals surface area contributed by atoms with E-state index in [0.717, 1.165) is 33.4 Å². The minimum absolute atomic E-state index is 0.00481. The molecule has 1 aromatic carbocycles. The number of benzene rings is 1. The molecule has 1 amide bonds. The second-order valence-electron chi connectivity index (χ2n) is 8.94. The number of nitrogens with two attached hydrogens (primary N) is 1. The lowest BCUT2D eigenvalue weighted by Gasteiger charge is -2.26. The summed E-state index contributed by atoms with van der Waals surface area (Å²) in [5.41, 5.74) is 9.41. The van der Waals surface area contributed by atoms with Crippen LogP contribution in [0.3, 0.4) is 0 Å². The molecule has 5 rings (SSSR count). The molecule has 0 radical (unpaired) electrons. The molecule has 0 saturated carbocycles. The first-order valence-electron chi connectivity index (χ1n) is 12.1. The summed E-state index contributed by atoms with van der Waals surface area (Å²) >= 11 is 0. The number of fused-ring (bicyclic) bond motifs is 1. The quantitative estimate of drug-likeness (QED) is 0.382. The van der Waals surface area contributed by atoms with E-state index in [9.17, 15) is 9.59 Å². The van der Waals surface area contributed by atoms with Crippen LogP contribution >= 0.6 is 0 Å². The van der Waals surface area contributed by atoms with Gasteiger partial charge >= 0.3 is 0 Å². The first-order valence-corrected chi connectivity index (χ1v) is 12.1. The number of rotatable bonds is 7. The molecule has 0 unspecified atom stereocenters. The maximum atomic E-state index is 12.7. The average Bonchev–Trinajstić information content (AvgIpc) is 3.35. The van der Waals surface area contributed by atoms with Gasteiger partial charge in [0.25, 0.3) is 5.91 Å². The normalized spacial score (nSPS) is 13.9. The second-order valence-corrected chi connectivity index (χ2v) is 8.94. The number of morpholine rings is 1. The number of furan rings is 1. The highest BCUT2D eigenvalue weighted by Gasteiger charge is 2.19. The van der Waals surface area contributed by atoms with E-state index in [0.29, 0.717) is 56.4 Å². The molecule has 1 aliphatic heterocycles. The SMILES string of the molecule is Cc1cc(-c2ncc(C(=O)N3CCOCC3)cn2)cc2cc(CCC(=O)/C=C/c3ccc(N)nc3)oc12. The number of ketones is 1. The van der Waals surface area contributed by atoms with Gasteiger partial charge in [0.05, 0.1) is 18.8 Å². The van der Waals surface area contributed by atoms with Crippen molar-refractivity contribution in [3.63, 3.8) is 0 Å². The van der Waals surface area contributed by atoms with E-state index in [2.05, 4.69) is 15.0 Å². The average molecular weight is 498 g/mol. The Bertz CT molecular complexity index is 1450. The number of anilines is 1. The van der Waals surface area contributed by atoms with Crippen LogP contribution in [0, 0.1) is 6.92 Å². The van der Waals surface area contributed by atoms with E-state index in [-0.39, 0.29) is 11.7 Å². The highest BCUT2D eigenvalue weighted by Crippen LogP contribution is 2.29. The third kappa shape index (κ3) is 5.73. The van der Waals surface area contributed by atoms with Gasteiger partial charge in [-0.2, -0.15) is 0 Å². The van der Waals surface area contributed by atoms with Crippen molar-refractivity contribution in [2.75, 3.05) is 32.0 Å². The van der Waals surface area contributed by atoms with E-state index in [1.807, 2.05) is 31.2 Å². The number of aryl methyl sites for hydroxylation is 2. The number of hydrogen-bond acceptors (Lipinski definition) is 8. The first-order chi connectivity index (χ1) is 18.0. The summed E-state index contributed by atoms with van der Waals surface area (Å²) in [5, 5.41) is 0.915. The fourth-order valence-electron chi connectivity index (χ4n) is 4.20. The van der Waals surface area contributed by atoms with Crippen molar-refractivity contribution in [1.82, 2.24) is 19.9 Å². The maximum Gasteiger partial charge on any atom is 0.257 e. The zero-order valence-electron chi connectivity index (χ0n) is 20.5. The fourth-order valence-corrected chi connectivity index (χ4v) is 4.20. The number of nitrogens with zero attached hydrogens (tertiary/aromatic N) is 4. The molecule has 3 aromatic heterocycles. The van der Waals surface area contributed by atoms with Crippen molar-refractivity contribution in [2.45, 2.75) is 19.8 Å². The van der Waals surface area contributed by atoms with Crippen LogP contribution in [0.1, 0.15) is 33.7 Å². The molecule has 4 heterocycles. The minimum Gasteiger partial charge on any atom is -0.461 e. The smallest absolute Gasteiger partial charge is 0.257 e. The number of carbonyl (C=O) groups is 2. The third-order valence-electron chi connectivity index (χ3n) is 6.20. The zero-order chi connectivity index (χ0) is 25.8. The van der Waals surface area contributed by atoms with Crippen molar-refractivity contribution in [1.29, 1.82) is 0 Å².